The van der Waals surface area contributed by atoms with Crippen LogP contribution < -0.4 is 15.5 Å². The van der Waals surface area contributed by atoms with Gasteiger partial charge in [0, 0.05) is 30.5 Å². The molecule has 0 saturated carbocycles. The number of piperidine rings is 1. The SMILES string of the molecule is CC1CCN(c2ccc(NC(=S)NC(=O)/C=C/c3ccco3)cc2)CC1. The third-order valence-electron chi connectivity index (χ3n) is 4.45. The summed E-state index contributed by atoms with van der Waals surface area (Å²) < 4.78 is 5.13. The average Bonchev–Trinajstić information content (AvgIpc) is 3.15. The van der Waals surface area contributed by atoms with Gasteiger partial charge in [-0.05, 0) is 73.5 Å². The van der Waals surface area contributed by atoms with Gasteiger partial charge in [0.2, 0.25) is 5.91 Å². The number of furan rings is 1. The van der Waals surface area contributed by atoms with Crippen molar-refractivity contribution in [3.63, 3.8) is 0 Å². The van der Waals surface area contributed by atoms with E-state index in [2.05, 4.69) is 34.6 Å². The normalized spacial score (nSPS) is 15.2. The summed E-state index contributed by atoms with van der Waals surface area (Å²) in [5.74, 6) is 1.12. The molecule has 6 heteroatoms. The largest absolute Gasteiger partial charge is 0.465 e. The maximum absolute atomic E-state index is 11.9. The highest BCUT2D eigenvalue weighted by Gasteiger charge is 2.15. The Kier molecular flexibility index (Phi) is 6.07. The highest BCUT2D eigenvalue weighted by Crippen LogP contribution is 2.24. The minimum atomic E-state index is -0.307. The number of hydrogen-bond acceptors (Lipinski definition) is 4. The predicted octanol–water partition coefficient (Wildman–Crippen LogP) is 4.04. The molecule has 1 aliphatic heterocycles. The van der Waals surface area contributed by atoms with Crippen LogP contribution in [0.1, 0.15) is 25.5 Å². The summed E-state index contributed by atoms with van der Waals surface area (Å²) in [6.45, 7) is 4.51. The maximum atomic E-state index is 11.9. The van der Waals surface area contributed by atoms with Gasteiger partial charge in [-0.15, -0.1) is 0 Å². The third kappa shape index (κ3) is 5.20. The second kappa shape index (κ2) is 8.67. The first kappa shape index (κ1) is 18.2. The van der Waals surface area contributed by atoms with Gasteiger partial charge in [-0.1, -0.05) is 6.92 Å². The van der Waals surface area contributed by atoms with Crippen LogP contribution in [0.3, 0.4) is 0 Å². The van der Waals surface area contributed by atoms with Crippen LogP contribution in [0.2, 0.25) is 0 Å². The van der Waals surface area contributed by atoms with Crippen LogP contribution in [-0.4, -0.2) is 24.1 Å². The minimum absolute atomic E-state index is 0.263. The molecule has 1 saturated heterocycles. The smallest absolute Gasteiger partial charge is 0.250 e. The second-order valence-electron chi connectivity index (χ2n) is 6.51. The van der Waals surface area contributed by atoms with Crippen molar-refractivity contribution in [3.05, 3.63) is 54.5 Å². The van der Waals surface area contributed by atoms with Crippen molar-refractivity contribution >= 4 is 40.7 Å². The van der Waals surface area contributed by atoms with E-state index in [4.69, 9.17) is 16.6 Å². The summed E-state index contributed by atoms with van der Waals surface area (Å²) >= 11 is 5.19. The van der Waals surface area contributed by atoms with E-state index in [-0.39, 0.29) is 11.0 Å². The Morgan fingerprint density at radius 3 is 2.62 bits per heavy atom. The highest BCUT2D eigenvalue weighted by atomic mass is 32.1. The summed E-state index contributed by atoms with van der Waals surface area (Å²) in [6, 6.07) is 11.6. The zero-order valence-electron chi connectivity index (χ0n) is 14.8. The Balaban J connectivity index is 1.49. The van der Waals surface area contributed by atoms with E-state index in [0.29, 0.717) is 5.76 Å². The molecule has 0 aliphatic carbocycles. The highest BCUT2D eigenvalue weighted by molar-refractivity contribution is 7.80. The first-order valence-electron chi connectivity index (χ1n) is 8.79. The minimum Gasteiger partial charge on any atom is -0.465 e. The molecule has 0 spiro atoms. The Bertz CT molecular complexity index is 761. The zero-order chi connectivity index (χ0) is 18.4. The van der Waals surface area contributed by atoms with Crippen LogP contribution in [0.25, 0.3) is 6.08 Å². The fraction of sp³-hybridized carbons (Fsp3) is 0.300. The van der Waals surface area contributed by atoms with Crippen LogP contribution in [0.15, 0.2) is 53.2 Å². The van der Waals surface area contributed by atoms with E-state index in [9.17, 15) is 4.79 Å². The molecule has 3 rings (SSSR count). The maximum Gasteiger partial charge on any atom is 0.250 e. The monoisotopic (exact) mass is 369 g/mol. The van der Waals surface area contributed by atoms with Crippen LogP contribution in [0, 0.1) is 5.92 Å². The van der Waals surface area contributed by atoms with Gasteiger partial charge in [-0.3, -0.25) is 10.1 Å². The zero-order valence-corrected chi connectivity index (χ0v) is 15.6. The number of benzene rings is 1. The first-order chi connectivity index (χ1) is 12.6. The van der Waals surface area contributed by atoms with Gasteiger partial charge in [0.05, 0.1) is 6.26 Å². The van der Waals surface area contributed by atoms with Crippen molar-refractivity contribution in [2.75, 3.05) is 23.3 Å². The molecule has 136 valence electrons. The Labute approximate surface area is 159 Å². The number of carbonyl (C=O) groups is 1. The number of nitrogens with zero attached hydrogens (tertiary/aromatic N) is 1. The molecule has 5 nitrogen and oxygen atoms in total. The van der Waals surface area contributed by atoms with Crippen molar-refractivity contribution in [2.45, 2.75) is 19.8 Å². The second-order valence-corrected chi connectivity index (χ2v) is 6.92. The van der Waals surface area contributed by atoms with Crippen molar-refractivity contribution < 1.29 is 9.21 Å². The number of rotatable bonds is 4. The summed E-state index contributed by atoms with van der Waals surface area (Å²) in [6.07, 6.45) is 7.00. The van der Waals surface area contributed by atoms with Crippen LogP contribution in [0.5, 0.6) is 0 Å². The van der Waals surface area contributed by atoms with Gasteiger partial charge in [0.1, 0.15) is 5.76 Å². The molecule has 2 aromatic rings. The van der Waals surface area contributed by atoms with Gasteiger partial charge in [0.15, 0.2) is 5.11 Å². The van der Waals surface area contributed by atoms with Gasteiger partial charge in [-0.2, -0.15) is 0 Å². The van der Waals surface area contributed by atoms with E-state index >= 15 is 0 Å². The van der Waals surface area contributed by atoms with Crippen molar-refractivity contribution in [1.29, 1.82) is 0 Å². The fourth-order valence-corrected chi connectivity index (χ4v) is 3.10. The van der Waals surface area contributed by atoms with E-state index in [1.165, 1.54) is 24.6 Å². The number of hydrogen-bond donors (Lipinski definition) is 2. The van der Waals surface area contributed by atoms with Gasteiger partial charge in [-0.25, -0.2) is 0 Å². The van der Waals surface area contributed by atoms with E-state index in [0.717, 1.165) is 24.7 Å². The lowest BCUT2D eigenvalue weighted by molar-refractivity contribution is -0.115. The topological polar surface area (TPSA) is 57.5 Å². The summed E-state index contributed by atoms with van der Waals surface area (Å²) in [5, 5.41) is 5.91. The molecular formula is C20H23N3O2S. The standard InChI is InChI=1S/C20H23N3O2S/c1-15-10-12-23(13-11-15)17-6-4-16(5-7-17)21-20(26)22-19(24)9-8-18-3-2-14-25-18/h2-9,14-15H,10-13H2,1H3,(H2,21,22,24,26)/b9-8+. The molecule has 26 heavy (non-hydrogen) atoms. The lowest BCUT2D eigenvalue weighted by Gasteiger charge is -2.32. The summed E-state index contributed by atoms with van der Waals surface area (Å²) in [5.41, 5.74) is 2.07. The summed E-state index contributed by atoms with van der Waals surface area (Å²) in [7, 11) is 0. The van der Waals surface area contributed by atoms with Crippen molar-refractivity contribution in [2.24, 2.45) is 5.92 Å². The molecule has 0 atom stereocenters. The van der Waals surface area contributed by atoms with Gasteiger partial charge >= 0.3 is 0 Å². The molecule has 2 N–H and O–H groups in total. The predicted molar refractivity (Wildman–Crippen MR) is 109 cm³/mol. The molecule has 0 radical (unpaired) electrons. The molecule has 1 amide bonds. The Morgan fingerprint density at radius 1 is 1.23 bits per heavy atom. The Hall–Kier alpha value is -2.60. The summed E-state index contributed by atoms with van der Waals surface area (Å²) in [4.78, 5) is 14.3. The molecule has 0 unspecified atom stereocenters. The van der Waals surface area contributed by atoms with Gasteiger partial charge < -0.3 is 14.6 Å². The van der Waals surface area contributed by atoms with Crippen LogP contribution in [0.4, 0.5) is 11.4 Å². The van der Waals surface area contributed by atoms with Crippen molar-refractivity contribution in [3.8, 4) is 0 Å². The first-order valence-corrected chi connectivity index (χ1v) is 9.19. The molecule has 1 aromatic carbocycles. The fourth-order valence-electron chi connectivity index (χ4n) is 2.88. The molecule has 1 fully saturated rings. The third-order valence-corrected chi connectivity index (χ3v) is 4.66. The quantitative estimate of drug-likeness (QED) is 0.629. The van der Waals surface area contributed by atoms with E-state index in [1.807, 2.05) is 12.1 Å². The van der Waals surface area contributed by atoms with E-state index in [1.54, 1.807) is 24.5 Å². The lowest BCUT2D eigenvalue weighted by atomic mass is 9.99. The molecule has 1 aliphatic rings. The molecular weight excluding hydrogens is 346 g/mol. The number of carbonyl (C=O) groups excluding carboxylic acids is 1. The van der Waals surface area contributed by atoms with Crippen molar-refractivity contribution in [1.82, 2.24) is 5.32 Å². The number of nitrogens with one attached hydrogen (secondary N) is 2. The van der Waals surface area contributed by atoms with Crippen LogP contribution >= 0.6 is 12.2 Å². The number of amides is 1. The number of thiocarbonyl (C=S) groups is 1. The average molecular weight is 369 g/mol. The van der Waals surface area contributed by atoms with Crippen LogP contribution in [-0.2, 0) is 4.79 Å². The Morgan fingerprint density at radius 2 is 1.96 bits per heavy atom. The van der Waals surface area contributed by atoms with Gasteiger partial charge in [0.25, 0.3) is 0 Å². The molecule has 0 bridgehead atoms. The lowest BCUT2D eigenvalue weighted by Crippen LogP contribution is -2.33. The number of anilines is 2. The van der Waals surface area contributed by atoms with E-state index < -0.39 is 0 Å². The molecule has 2 heterocycles. The molecule has 1 aromatic heterocycles.